The van der Waals surface area contributed by atoms with Gasteiger partial charge in [-0.1, -0.05) is 29.3 Å². The van der Waals surface area contributed by atoms with Crippen molar-refractivity contribution >= 4 is 40.9 Å². The number of amides is 1. The van der Waals surface area contributed by atoms with E-state index in [2.05, 4.69) is 5.32 Å². The summed E-state index contributed by atoms with van der Waals surface area (Å²) in [5, 5.41) is 12.0. The van der Waals surface area contributed by atoms with Crippen molar-refractivity contribution in [3.63, 3.8) is 0 Å². The molecule has 1 rings (SSSR count). The van der Waals surface area contributed by atoms with Gasteiger partial charge in [-0.15, -0.1) is 11.8 Å². The Morgan fingerprint density at radius 3 is 2.83 bits per heavy atom. The molecule has 0 spiro atoms. The molecule has 1 aromatic carbocycles. The Labute approximate surface area is 120 Å². The lowest BCUT2D eigenvalue weighted by molar-refractivity contribution is -0.118. The summed E-state index contributed by atoms with van der Waals surface area (Å²) in [6.45, 7) is 2.03. The fourth-order valence-corrected chi connectivity index (χ4v) is 2.40. The molecule has 1 amide bonds. The maximum absolute atomic E-state index is 11.3. The van der Waals surface area contributed by atoms with Crippen LogP contribution in [-0.2, 0) is 4.79 Å². The molecule has 0 unspecified atom stereocenters. The van der Waals surface area contributed by atoms with Crippen LogP contribution < -0.4 is 5.32 Å². The van der Waals surface area contributed by atoms with Crippen LogP contribution >= 0.6 is 35.0 Å². The highest BCUT2D eigenvalue weighted by atomic mass is 35.5. The fourth-order valence-electron chi connectivity index (χ4n) is 1.25. The smallest absolute Gasteiger partial charge is 0.230 e. The first kappa shape index (κ1) is 15.2. The van der Waals surface area contributed by atoms with Crippen LogP contribution in [0.15, 0.2) is 18.2 Å². The highest BCUT2D eigenvalue weighted by molar-refractivity contribution is 8.00. The molecule has 0 aliphatic rings. The zero-order valence-corrected chi connectivity index (χ0v) is 12.1. The third-order valence-corrected chi connectivity index (χ3v) is 4.18. The van der Waals surface area contributed by atoms with Gasteiger partial charge in [-0.05, 0) is 24.6 Å². The average Bonchev–Trinajstić information content (AvgIpc) is 2.36. The predicted molar refractivity (Wildman–Crippen MR) is 76.0 cm³/mol. The van der Waals surface area contributed by atoms with E-state index in [1.807, 2.05) is 19.1 Å². The summed E-state index contributed by atoms with van der Waals surface area (Å²) in [5.41, 5.74) is 1.02. The second kappa shape index (κ2) is 7.52. The Hall–Kier alpha value is -0.890. The summed E-state index contributed by atoms with van der Waals surface area (Å²) >= 11 is 13.2. The lowest BCUT2D eigenvalue weighted by atomic mass is 10.2. The third-order valence-electron chi connectivity index (χ3n) is 2.24. The molecule has 1 N–H and O–H groups in total. The van der Waals surface area contributed by atoms with Crippen LogP contribution in [0, 0.1) is 11.3 Å². The van der Waals surface area contributed by atoms with Crippen molar-refractivity contribution in [2.75, 3.05) is 12.3 Å². The molecule has 0 heterocycles. The topological polar surface area (TPSA) is 52.9 Å². The van der Waals surface area contributed by atoms with Crippen molar-refractivity contribution in [2.45, 2.75) is 12.2 Å². The lowest BCUT2D eigenvalue weighted by Crippen LogP contribution is -2.25. The van der Waals surface area contributed by atoms with Gasteiger partial charge < -0.3 is 5.32 Å². The molecule has 96 valence electrons. The van der Waals surface area contributed by atoms with E-state index in [0.29, 0.717) is 15.8 Å². The van der Waals surface area contributed by atoms with Crippen LogP contribution in [0.3, 0.4) is 0 Å². The summed E-state index contributed by atoms with van der Waals surface area (Å²) in [5.74, 6) is 0.164. The minimum atomic E-state index is -0.145. The number of rotatable bonds is 5. The number of halogens is 2. The minimum absolute atomic E-state index is 0.0422. The van der Waals surface area contributed by atoms with Crippen LogP contribution in [0.5, 0.6) is 0 Å². The number of carbonyl (C=O) groups excluding carboxylic acids is 1. The molecule has 0 radical (unpaired) electrons. The van der Waals surface area contributed by atoms with E-state index in [9.17, 15) is 4.79 Å². The Morgan fingerprint density at radius 2 is 2.22 bits per heavy atom. The normalized spacial score (nSPS) is 11.7. The van der Waals surface area contributed by atoms with Gasteiger partial charge >= 0.3 is 0 Å². The quantitative estimate of drug-likeness (QED) is 0.848. The van der Waals surface area contributed by atoms with Crippen LogP contribution in [0.4, 0.5) is 0 Å². The monoisotopic (exact) mass is 302 g/mol. The summed E-state index contributed by atoms with van der Waals surface area (Å²) in [4.78, 5) is 11.3. The highest BCUT2D eigenvalue weighted by Crippen LogP contribution is 2.32. The van der Waals surface area contributed by atoms with Gasteiger partial charge in [-0.25, -0.2) is 0 Å². The zero-order valence-electron chi connectivity index (χ0n) is 9.74. The van der Waals surface area contributed by atoms with Crippen LogP contribution in [0.2, 0.25) is 10.0 Å². The van der Waals surface area contributed by atoms with E-state index in [0.717, 1.165) is 5.56 Å². The number of nitriles is 1. The van der Waals surface area contributed by atoms with Crippen molar-refractivity contribution < 1.29 is 4.79 Å². The molecule has 0 aliphatic carbocycles. The zero-order chi connectivity index (χ0) is 13.5. The fraction of sp³-hybridized carbons (Fsp3) is 0.333. The predicted octanol–water partition coefficient (Wildman–Crippen LogP) is 3.43. The molecule has 1 aromatic rings. The molecular formula is C12H12Cl2N2OS. The molecule has 0 aromatic heterocycles. The summed E-state index contributed by atoms with van der Waals surface area (Å²) in [7, 11) is 0. The summed E-state index contributed by atoms with van der Waals surface area (Å²) in [6, 6.07) is 7.29. The Kier molecular flexibility index (Phi) is 6.34. The Morgan fingerprint density at radius 1 is 1.50 bits per heavy atom. The minimum Gasteiger partial charge on any atom is -0.342 e. The van der Waals surface area contributed by atoms with Crippen LogP contribution in [-0.4, -0.2) is 18.2 Å². The van der Waals surface area contributed by atoms with E-state index in [4.69, 9.17) is 28.5 Å². The number of nitrogens with one attached hydrogen (secondary N) is 1. The SMILES string of the molecule is C[C@H](SCC(=O)NCC#N)c1ccc(Cl)c(Cl)c1. The molecule has 18 heavy (non-hydrogen) atoms. The average molecular weight is 303 g/mol. The molecule has 0 aliphatic heterocycles. The first-order valence-corrected chi connectivity index (χ1v) is 7.05. The van der Waals surface area contributed by atoms with Gasteiger partial charge in [0.15, 0.2) is 0 Å². The number of carbonyl (C=O) groups is 1. The molecule has 0 fully saturated rings. The highest BCUT2D eigenvalue weighted by Gasteiger charge is 2.10. The number of hydrogen-bond acceptors (Lipinski definition) is 3. The number of hydrogen-bond donors (Lipinski definition) is 1. The maximum atomic E-state index is 11.3. The van der Waals surface area contributed by atoms with E-state index >= 15 is 0 Å². The Balaban J connectivity index is 2.50. The molecular weight excluding hydrogens is 291 g/mol. The van der Waals surface area contributed by atoms with E-state index < -0.39 is 0 Å². The first-order valence-electron chi connectivity index (χ1n) is 5.24. The van der Waals surface area contributed by atoms with E-state index in [-0.39, 0.29) is 17.7 Å². The lowest BCUT2D eigenvalue weighted by Gasteiger charge is -2.12. The number of nitrogens with zero attached hydrogens (tertiary/aromatic N) is 1. The van der Waals surface area contributed by atoms with Gasteiger partial charge in [0.25, 0.3) is 0 Å². The maximum Gasteiger partial charge on any atom is 0.230 e. The molecule has 1 atom stereocenters. The molecule has 0 saturated heterocycles. The second-order valence-electron chi connectivity index (χ2n) is 3.56. The second-order valence-corrected chi connectivity index (χ2v) is 5.71. The van der Waals surface area contributed by atoms with E-state index in [1.165, 1.54) is 11.8 Å². The van der Waals surface area contributed by atoms with Gasteiger partial charge in [0, 0.05) is 5.25 Å². The van der Waals surface area contributed by atoms with Gasteiger partial charge in [0.05, 0.1) is 21.9 Å². The van der Waals surface area contributed by atoms with Crippen molar-refractivity contribution in [2.24, 2.45) is 0 Å². The van der Waals surface area contributed by atoms with Gasteiger partial charge in [-0.3, -0.25) is 4.79 Å². The van der Waals surface area contributed by atoms with Crippen LogP contribution in [0.1, 0.15) is 17.7 Å². The van der Waals surface area contributed by atoms with Gasteiger partial charge in [-0.2, -0.15) is 5.26 Å². The van der Waals surface area contributed by atoms with Crippen molar-refractivity contribution in [3.05, 3.63) is 33.8 Å². The summed E-state index contributed by atoms with van der Waals surface area (Å²) in [6.07, 6.45) is 0. The third kappa shape index (κ3) is 4.77. The van der Waals surface area contributed by atoms with Crippen molar-refractivity contribution in [1.82, 2.24) is 5.32 Å². The molecule has 0 bridgehead atoms. The van der Waals surface area contributed by atoms with E-state index in [1.54, 1.807) is 12.1 Å². The van der Waals surface area contributed by atoms with Crippen molar-refractivity contribution in [3.8, 4) is 6.07 Å². The number of thioether (sulfide) groups is 1. The first-order chi connectivity index (χ1) is 8.54. The molecule has 6 heteroatoms. The number of benzene rings is 1. The van der Waals surface area contributed by atoms with Crippen molar-refractivity contribution in [1.29, 1.82) is 5.26 Å². The van der Waals surface area contributed by atoms with Crippen LogP contribution in [0.25, 0.3) is 0 Å². The Bertz CT molecular complexity index is 474. The van der Waals surface area contributed by atoms with Gasteiger partial charge in [0.2, 0.25) is 5.91 Å². The van der Waals surface area contributed by atoms with Gasteiger partial charge in [0.1, 0.15) is 6.54 Å². The largest absolute Gasteiger partial charge is 0.342 e. The molecule has 3 nitrogen and oxygen atoms in total. The molecule has 0 saturated carbocycles. The standard InChI is InChI=1S/C12H12Cl2N2OS/c1-8(18-7-12(17)16-5-4-15)9-2-3-10(13)11(14)6-9/h2-3,6,8H,5,7H2,1H3,(H,16,17)/t8-/m0/s1. The summed E-state index contributed by atoms with van der Waals surface area (Å²) < 4.78 is 0.